The first-order valence-electron chi connectivity index (χ1n) is 10.3. The summed E-state index contributed by atoms with van der Waals surface area (Å²) in [7, 11) is 1.71. The molecule has 3 aliphatic rings. The lowest BCUT2D eigenvalue weighted by Crippen LogP contribution is -2.49. The first kappa shape index (κ1) is 18.5. The number of aryl methyl sites for hydroxylation is 1. The number of aliphatic imine (C=N–C) groups is 1. The molecule has 4 rings (SSSR count). The minimum Gasteiger partial charge on any atom is -0.496 e. The average molecular weight is 366 g/mol. The van der Waals surface area contributed by atoms with Crippen molar-refractivity contribution in [3.8, 4) is 5.75 Å². The molecule has 1 aliphatic heterocycles. The number of Topliss-reactive ketones (excluding diaryl/α,β-unsaturated/α-hetero) is 1. The third kappa shape index (κ3) is 2.61. The van der Waals surface area contributed by atoms with Crippen LogP contribution in [0, 0.1) is 18.3 Å². The van der Waals surface area contributed by atoms with E-state index in [0.717, 1.165) is 29.9 Å². The smallest absolute Gasteiger partial charge is 0.149 e. The summed E-state index contributed by atoms with van der Waals surface area (Å²) in [6.45, 7) is 8.63. The van der Waals surface area contributed by atoms with Gasteiger partial charge in [0.05, 0.1) is 18.1 Å². The molecule has 0 saturated heterocycles. The molecule has 3 nitrogen and oxygen atoms in total. The zero-order valence-electron chi connectivity index (χ0n) is 17.3. The zero-order valence-corrected chi connectivity index (χ0v) is 17.3. The number of fused-ring (bicyclic) bond motifs is 2. The van der Waals surface area contributed by atoms with Gasteiger partial charge in [0.25, 0.3) is 0 Å². The van der Waals surface area contributed by atoms with E-state index >= 15 is 0 Å². The Hall–Kier alpha value is -1.90. The molecule has 2 aliphatic carbocycles. The summed E-state index contributed by atoms with van der Waals surface area (Å²) in [6.07, 6.45) is 7.46. The van der Waals surface area contributed by atoms with Crippen LogP contribution in [0.3, 0.4) is 0 Å². The van der Waals surface area contributed by atoms with Gasteiger partial charge in [-0.3, -0.25) is 9.79 Å². The highest BCUT2D eigenvalue weighted by atomic mass is 16.5. The number of hydrogen-bond donors (Lipinski definition) is 0. The summed E-state index contributed by atoms with van der Waals surface area (Å²) < 4.78 is 5.61. The van der Waals surface area contributed by atoms with E-state index in [4.69, 9.17) is 9.73 Å². The van der Waals surface area contributed by atoms with E-state index in [1.165, 1.54) is 24.0 Å². The van der Waals surface area contributed by atoms with Gasteiger partial charge in [-0.1, -0.05) is 42.2 Å². The molecule has 144 valence electrons. The normalized spacial score (nSPS) is 35.7. The lowest BCUT2D eigenvalue weighted by molar-refractivity contribution is -0.127. The van der Waals surface area contributed by atoms with Gasteiger partial charge >= 0.3 is 0 Å². The minimum atomic E-state index is -0.479. The number of carbonyl (C=O) groups is 1. The van der Waals surface area contributed by atoms with Crippen molar-refractivity contribution in [3.63, 3.8) is 0 Å². The van der Waals surface area contributed by atoms with E-state index in [-0.39, 0.29) is 11.5 Å². The molecule has 1 aromatic carbocycles. The monoisotopic (exact) mass is 365 g/mol. The highest BCUT2D eigenvalue weighted by Crippen LogP contribution is 2.57. The lowest BCUT2D eigenvalue weighted by Gasteiger charge is -2.44. The summed E-state index contributed by atoms with van der Waals surface area (Å²) in [5.41, 5.74) is 4.10. The van der Waals surface area contributed by atoms with Crippen molar-refractivity contribution in [1.29, 1.82) is 0 Å². The number of hydrogen-bond acceptors (Lipinski definition) is 3. The number of rotatable bonds is 2. The van der Waals surface area contributed by atoms with Gasteiger partial charge < -0.3 is 4.74 Å². The number of allylic oxidation sites excluding steroid dienone is 2. The molecule has 0 unspecified atom stereocenters. The predicted octanol–water partition coefficient (Wildman–Crippen LogP) is 5.42. The largest absolute Gasteiger partial charge is 0.496 e. The Balaban J connectivity index is 1.80. The first-order valence-corrected chi connectivity index (χ1v) is 10.3. The Bertz CT molecular complexity index is 852. The van der Waals surface area contributed by atoms with Crippen molar-refractivity contribution in [1.82, 2.24) is 0 Å². The number of ketones is 1. The predicted molar refractivity (Wildman–Crippen MR) is 110 cm³/mol. The summed E-state index contributed by atoms with van der Waals surface area (Å²) in [6, 6.07) is 6.26. The second-order valence-electron chi connectivity index (χ2n) is 9.04. The molecular weight excluding hydrogens is 334 g/mol. The molecule has 0 bridgehead atoms. The summed E-state index contributed by atoms with van der Waals surface area (Å²) in [5, 5.41) is 0. The summed E-state index contributed by atoms with van der Waals surface area (Å²) in [4.78, 5) is 18.7. The Morgan fingerprint density at radius 1 is 1.19 bits per heavy atom. The summed E-state index contributed by atoms with van der Waals surface area (Å²) >= 11 is 0. The van der Waals surface area contributed by atoms with Gasteiger partial charge in [0.1, 0.15) is 11.5 Å². The number of nitrogens with zero attached hydrogens (tertiary/aromatic N) is 1. The standard InChI is InChI=1S/C24H31NO2/c1-15-9-10-20(27-5)19(12-15)18-13-22(26)24(14-16(18)2)17(3)25-23(4)11-7-6-8-21(23)24/h9-10,12,14,18,21H,6-8,11,13H2,1-5H3/t18-,21-,23+,24+/m1/s1. The van der Waals surface area contributed by atoms with Crippen LogP contribution in [0.5, 0.6) is 5.75 Å². The van der Waals surface area contributed by atoms with E-state index < -0.39 is 5.41 Å². The molecule has 0 radical (unpaired) electrons. The molecule has 0 amide bonds. The fraction of sp³-hybridized carbons (Fsp3) is 0.583. The van der Waals surface area contributed by atoms with Crippen molar-refractivity contribution in [2.24, 2.45) is 16.3 Å². The van der Waals surface area contributed by atoms with Crippen LogP contribution < -0.4 is 4.74 Å². The maximum Gasteiger partial charge on any atom is 0.149 e. The van der Waals surface area contributed by atoms with E-state index in [9.17, 15) is 4.79 Å². The van der Waals surface area contributed by atoms with E-state index in [1.54, 1.807) is 7.11 Å². The number of carbonyl (C=O) groups excluding carboxylic acids is 1. The molecule has 1 heterocycles. The molecule has 0 aromatic heterocycles. The topological polar surface area (TPSA) is 38.7 Å². The van der Waals surface area contributed by atoms with Gasteiger partial charge in [0.2, 0.25) is 0 Å². The lowest BCUT2D eigenvalue weighted by atomic mass is 9.56. The van der Waals surface area contributed by atoms with Gasteiger partial charge in [0.15, 0.2) is 0 Å². The highest BCUT2D eigenvalue weighted by Gasteiger charge is 2.60. The molecule has 1 fully saturated rings. The second kappa shape index (κ2) is 6.32. The van der Waals surface area contributed by atoms with Crippen LogP contribution in [0.25, 0.3) is 0 Å². The van der Waals surface area contributed by atoms with Crippen molar-refractivity contribution < 1.29 is 9.53 Å². The number of methoxy groups -OCH3 is 1. The molecule has 1 spiro atoms. The zero-order chi connectivity index (χ0) is 19.4. The van der Waals surface area contributed by atoms with Crippen LogP contribution in [0.4, 0.5) is 0 Å². The van der Waals surface area contributed by atoms with Crippen molar-refractivity contribution in [3.05, 3.63) is 41.0 Å². The molecule has 0 N–H and O–H groups in total. The highest BCUT2D eigenvalue weighted by molar-refractivity contribution is 6.13. The third-order valence-electron chi connectivity index (χ3n) is 7.36. The van der Waals surface area contributed by atoms with E-state index in [0.29, 0.717) is 18.1 Å². The Morgan fingerprint density at radius 3 is 2.70 bits per heavy atom. The molecule has 3 heteroatoms. The molecule has 27 heavy (non-hydrogen) atoms. The maximum absolute atomic E-state index is 13.7. The number of ether oxygens (including phenoxy) is 1. The molecule has 4 atom stereocenters. The summed E-state index contributed by atoms with van der Waals surface area (Å²) in [5.74, 6) is 1.64. The van der Waals surface area contributed by atoms with Gasteiger partial charge in [-0.15, -0.1) is 0 Å². The Kier molecular flexibility index (Phi) is 4.32. The van der Waals surface area contributed by atoms with Crippen LogP contribution >= 0.6 is 0 Å². The quantitative estimate of drug-likeness (QED) is 0.657. The van der Waals surface area contributed by atoms with E-state index in [1.807, 2.05) is 6.07 Å². The molecule has 1 saturated carbocycles. The Morgan fingerprint density at radius 2 is 1.96 bits per heavy atom. The SMILES string of the molecule is COc1ccc(C)cc1[C@@H]1CC(=O)[C@@]2(C=C1C)C(C)=N[C@@]1(C)CCCC[C@@H]21. The van der Waals surface area contributed by atoms with Crippen LogP contribution in [-0.2, 0) is 4.79 Å². The van der Waals surface area contributed by atoms with Crippen LogP contribution in [-0.4, -0.2) is 24.1 Å². The van der Waals surface area contributed by atoms with Gasteiger partial charge in [0, 0.05) is 29.5 Å². The van der Waals surface area contributed by atoms with Crippen molar-refractivity contribution in [2.45, 2.75) is 71.3 Å². The minimum absolute atomic E-state index is 0.0668. The van der Waals surface area contributed by atoms with Crippen LogP contribution in [0.15, 0.2) is 34.8 Å². The van der Waals surface area contributed by atoms with Crippen LogP contribution in [0.1, 0.15) is 69.9 Å². The van der Waals surface area contributed by atoms with Crippen molar-refractivity contribution in [2.75, 3.05) is 7.11 Å². The third-order valence-corrected chi connectivity index (χ3v) is 7.36. The average Bonchev–Trinajstić information content (AvgIpc) is 2.85. The van der Waals surface area contributed by atoms with E-state index in [2.05, 4.69) is 45.9 Å². The molecule has 1 aromatic rings. The fourth-order valence-corrected chi connectivity index (χ4v) is 6.03. The van der Waals surface area contributed by atoms with Gasteiger partial charge in [-0.2, -0.15) is 0 Å². The molecular formula is C24H31NO2. The maximum atomic E-state index is 13.7. The van der Waals surface area contributed by atoms with Gasteiger partial charge in [-0.05, 0) is 46.6 Å². The van der Waals surface area contributed by atoms with Gasteiger partial charge in [-0.25, -0.2) is 0 Å². The van der Waals surface area contributed by atoms with Crippen molar-refractivity contribution >= 4 is 11.5 Å². The second-order valence-corrected chi connectivity index (χ2v) is 9.04. The first-order chi connectivity index (χ1) is 12.8. The van der Waals surface area contributed by atoms with Crippen LogP contribution in [0.2, 0.25) is 0 Å². The Labute approximate surface area is 162 Å². The fourth-order valence-electron chi connectivity index (χ4n) is 6.03. The number of benzene rings is 1.